The Morgan fingerprint density at radius 1 is 0.969 bits per heavy atom. The molecule has 0 radical (unpaired) electrons. The smallest absolute Gasteiger partial charge is 0.335 e. The number of carbonyl (C=O) groups is 3. The Morgan fingerprint density at radius 3 is 2.47 bits per heavy atom. The average molecular weight is 495 g/mol. The van der Waals surface area contributed by atoms with E-state index in [1.807, 2.05) is 0 Å². The molecule has 0 aliphatic carbocycles. The van der Waals surface area contributed by atoms with Crippen molar-refractivity contribution in [1.29, 1.82) is 0 Å². The standard InChI is InChI=1S/C24H16BrFN2O4/c25-17-7-9-19(10-8-17)28-23(30)21(22(29)27-24(28)31)13-15-3-2-6-20(12-15)32-14-16-4-1-5-18(26)11-16/h1-13H,14H2,(H,27,29,31)/b21-13-. The Balaban J connectivity index is 1.57. The zero-order valence-electron chi connectivity index (χ0n) is 16.5. The molecule has 0 bridgehead atoms. The highest BCUT2D eigenvalue weighted by atomic mass is 79.9. The topological polar surface area (TPSA) is 75.7 Å². The third kappa shape index (κ3) is 4.76. The van der Waals surface area contributed by atoms with Gasteiger partial charge >= 0.3 is 6.03 Å². The molecule has 3 aromatic rings. The fraction of sp³-hybridized carbons (Fsp3) is 0.0417. The van der Waals surface area contributed by atoms with Crippen LogP contribution < -0.4 is 15.0 Å². The van der Waals surface area contributed by atoms with Crippen molar-refractivity contribution in [3.05, 3.63) is 99.8 Å². The molecule has 0 saturated carbocycles. The lowest BCUT2D eigenvalue weighted by Crippen LogP contribution is -2.54. The molecule has 4 amide bonds. The van der Waals surface area contributed by atoms with Crippen LogP contribution in [-0.4, -0.2) is 17.8 Å². The number of rotatable bonds is 5. The van der Waals surface area contributed by atoms with Gasteiger partial charge in [0.25, 0.3) is 11.8 Å². The maximum Gasteiger partial charge on any atom is 0.335 e. The molecule has 1 fully saturated rings. The van der Waals surface area contributed by atoms with E-state index in [9.17, 15) is 18.8 Å². The molecule has 0 atom stereocenters. The summed E-state index contributed by atoms with van der Waals surface area (Å²) in [5.41, 5.74) is 1.35. The van der Waals surface area contributed by atoms with Crippen molar-refractivity contribution < 1.29 is 23.5 Å². The first-order valence-corrected chi connectivity index (χ1v) is 10.3. The van der Waals surface area contributed by atoms with Crippen molar-refractivity contribution in [2.24, 2.45) is 0 Å². The van der Waals surface area contributed by atoms with Gasteiger partial charge in [-0.1, -0.05) is 40.2 Å². The normalized spacial score (nSPS) is 15.1. The number of nitrogens with one attached hydrogen (secondary N) is 1. The SMILES string of the molecule is O=C1NC(=O)N(c2ccc(Br)cc2)C(=O)/C1=C\c1cccc(OCc2cccc(F)c2)c1. The minimum Gasteiger partial charge on any atom is -0.489 e. The summed E-state index contributed by atoms with van der Waals surface area (Å²) < 4.78 is 19.8. The van der Waals surface area contributed by atoms with Crippen LogP contribution in [0.1, 0.15) is 11.1 Å². The van der Waals surface area contributed by atoms with E-state index in [1.54, 1.807) is 60.7 Å². The summed E-state index contributed by atoms with van der Waals surface area (Å²) in [7, 11) is 0. The van der Waals surface area contributed by atoms with E-state index in [-0.39, 0.29) is 18.0 Å². The van der Waals surface area contributed by atoms with Gasteiger partial charge in [0.05, 0.1) is 5.69 Å². The van der Waals surface area contributed by atoms with E-state index in [0.29, 0.717) is 22.6 Å². The van der Waals surface area contributed by atoms with Crippen LogP contribution in [0.4, 0.5) is 14.9 Å². The number of imide groups is 2. The number of nitrogens with zero attached hydrogens (tertiary/aromatic N) is 1. The maximum absolute atomic E-state index is 13.3. The predicted molar refractivity (Wildman–Crippen MR) is 120 cm³/mol. The lowest BCUT2D eigenvalue weighted by molar-refractivity contribution is -0.122. The number of amides is 4. The molecular formula is C24H16BrFN2O4. The Hall–Kier alpha value is -3.78. The van der Waals surface area contributed by atoms with E-state index >= 15 is 0 Å². The largest absolute Gasteiger partial charge is 0.489 e. The number of carbonyl (C=O) groups excluding carboxylic acids is 3. The second-order valence-corrected chi connectivity index (χ2v) is 7.84. The summed E-state index contributed by atoms with van der Waals surface area (Å²) in [6, 6.07) is 18.6. The van der Waals surface area contributed by atoms with Gasteiger partial charge in [0.2, 0.25) is 0 Å². The van der Waals surface area contributed by atoms with Gasteiger partial charge in [-0.3, -0.25) is 14.9 Å². The van der Waals surface area contributed by atoms with Gasteiger partial charge in [0.1, 0.15) is 23.7 Å². The molecule has 1 saturated heterocycles. The van der Waals surface area contributed by atoms with Crippen molar-refractivity contribution in [3.8, 4) is 5.75 Å². The number of hydrogen-bond donors (Lipinski definition) is 1. The van der Waals surface area contributed by atoms with Gasteiger partial charge in [-0.05, 0) is 65.7 Å². The lowest BCUT2D eigenvalue weighted by atomic mass is 10.1. The Morgan fingerprint density at radius 2 is 1.72 bits per heavy atom. The summed E-state index contributed by atoms with van der Waals surface area (Å²) >= 11 is 3.30. The number of hydrogen-bond acceptors (Lipinski definition) is 4. The molecule has 3 aromatic carbocycles. The molecule has 1 N–H and O–H groups in total. The van der Waals surface area contributed by atoms with Crippen LogP contribution in [0.2, 0.25) is 0 Å². The molecule has 32 heavy (non-hydrogen) atoms. The van der Waals surface area contributed by atoms with Gasteiger partial charge < -0.3 is 4.74 Å². The predicted octanol–water partition coefficient (Wildman–Crippen LogP) is 4.83. The molecule has 6 nitrogen and oxygen atoms in total. The van der Waals surface area contributed by atoms with Crippen LogP contribution in [0, 0.1) is 5.82 Å². The zero-order chi connectivity index (χ0) is 22.7. The van der Waals surface area contributed by atoms with Crippen LogP contribution >= 0.6 is 15.9 Å². The Bertz CT molecular complexity index is 1240. The Kier molecular flexibility index (Phi) is 6.13. The van der Waals surface area contributed by atoms with Crippen molar-refractivity contribution in [2.75, 3.05) is 4.90 Å². The molecule has 4 rings (SSSR count). The highest BCUT2D eigenvalue weighted by Crippen LogP contribution is 2.24. The summed E-state index contributed by atoms with van der Waals surface area (Å²) in [5.74, 6) is -1.38. The molecule has 0 spiro atoms. The maximum atomic E-state index is 13.3. The Labute approximate surface area is 191 Å². The summed E-state index contributed by atoms with van der Waals surface area (Å²) in [6.07, 6.45) is 1.39. The van der Waals surface area contributed by atoms with Crippen molar-refractivity contribution in [2.45, 2.75) is 6.61 Å². The van der Waals surface area contributed by atoms with Crippen molar-refractivity contribution in [1.82, 2.24) is 5.32 Å². The van der Waals surface area contributed by atoms with Crippen LogP contribution in [0.3, 0.4) is 0 Å². The fourth-order valence-electron chi connectivity index (χ4n) is 3.14. The van der Waals surface area contributed by atoms with Crippen LogP contribution in [-0.2, 0) is 16.2 Å². The molecule has 1 aliphatic heterocycles. The summed E-state index contributed by atoms with van der Waals surface area (Å²) in [5, 5.41) is 2.19. The minimum absolute atomic E-state index is 0.156. The number of benzene rings is 3. The first kappa shape index (κ1) is 21.5. The van der Waals surface area contributed by atoms with Crippen molar-refractivity contribution >= 4 is 45.5 Å². The van der Waals surface area contributed by atoms with E-state index in [0.717, 1.165) is 9.37 Å². The van der Waals surface area contributed by atoms with E-state index in [1.165, 1.54) is 18.2 Å². The highest BCUT2D eigenvalue weighted by Gasteiger charge is 2.36. The number of urea groups is 1. The highest BCUT2D eigenvalue weighted by molar-refractivity contribution is 9.10. The average Bonchev–Trinajstić information content (AvgIpc) is 2.77. The first-order valence-electron chi connectivity index (χ1n) is 9.55. The van der Waals surface area contributed by atoms with Crippen LogP contribution in [0.5, 0.6) is 5.75 Å². The molecule has 0 unspecified atom stereocenters. The third-order valence-electron chi connectivity index (χ3n) is 4.65. The first-order chi connectivity index (χ1) is 15.4. The van der Waals surface area contributed by atoms with Gasteiger partial charge in [-0.2, -0.15) is 0 Å². The zero-order valence-corrected chi connectivity index (χ0v) is 18.1. The van der Waals surface area contributed by atoms with Crippen LogP contribution in [0.25, 0.3) is 6.08 Å². The van der Waals surface area contributed by atoms with Gasteiger partial charge in [0.15, 0.2) is 0 Å². The second kappa shape index (κ2) is 9.15. The van der Waals surface area contributed by atoms with Crippen molar-refractivity contribution in [3.63, 3.8) is 0 Å². The number of barbiturate groups is 1. The molecule has 8 heteroatoms. The molecular weight excluding hydrogens is 479 g/mol. The van der Waals surface area contributed by atoms with Gasteiger partial charge in [-0.25, -0.2) is 14.1 Å². The monoisotopic (exact) mass is 494 g/mol. The summed E-state index contributed by atoms with van der Waals surface area (Å²) in [4.78, 5) is 38.5. The minimum atomic E-state index is -0.813. The summed E-state index contributed by atoms with van der Waals surface area (Å²) in [6.45, 7) is 0.156. The van der Waals surface area contributed by atoms with E-state index in [2.05, 4.69) is 21.2 Å². The molecule has 160 valence electrons. The second-order valence-electron chi connectivity index (χ2n) is 6.93. The number of ether oxygens (including phenoxy) is 1. The van der Waals surface area contributed by atoms with Gasteiger partial charge in [0, 0.05) is 4.47 Å². The fourth-order valence-corrected chi connectivity index (χ4v) is 3.40. The number of halogens is 2. The molecule has 1 heterocycles. The number of anilines is 1. The van der Waals surface area contributed by atoms with Gasteiger partial charge in [-0.15, -0.1) is 0 Å². The molecule has 0 aromatic heterocycles. The molecule has 1 aliphatic rings. The van der Waals surface area contributed by atoms with Crippen LogP contribution in [0.15, 0.2) is 82.8 Å². The third-order valence-corrected chi connectivity index (χ3v) is 5.18. The van der Waals surface area contributed by atoms with E-state index in [4.69, 9.17) is 4.74 Å². The quantitative estimate of drug-likeness (QED) is 0.407. The van der Waals surface area contributed by atoms with E-state index < -0.39 is 17.8 Å². The lowest BCUT2D eigenvalue weighted by Gasteiger charge is -2.26.